The van der Waals surface area contributed by atoms with E-state index in [4.69, 9.17) is 9.47 Å². The topological polar surface area (TPSA) is 75.1 Å². The highest BCUT2D eigenvalue weighted by Crippen LogP contribution is 2.11. The van der Waals surface area contributed by atoms with Gasteiger partial charge in [-0.15, -0.1) is 24.0 Å². The molecule has 0 saturated heterocycles. The lowest BCUT2D eigenvalue weighted by molar-refractivity contribution is 0.114. The number of hydrogen-bond donors (Lipinski definition) is 3. The van der Waals surface area contributed by atoms with E-state index in [0.29, 0.717) is 24.9 Å². The SMILES string of the molecule is CCNC(=NCC(O)COc1ccc(F)cc1)NCCOC.I. The molecule has 0 aromatic heterocycles. The summed E-state index contributed by atoms with van der Waals surface area (Å²) in [5, 5.41) is 16.0. The van der Waals surface area contributed by atoms with Crippen LogP contribution in [0, 0.1) is 5.82 Å². The summed E-state index contributed by atoms with van der Waals surface area (Å²) in [5.41, 5.74) is 0. The number of nitrogens with one attached hydrogen (secondary N) is 2. The molecule has 0 bridgehead atoms. The Kier molecular flexibility index (Phi) is 12.7. The average molecular weight is 441 g/mol. The van der Waals surface area contributed by atoms with Crippen LogP contribution in [0.2, 0.25) is 0 Å². The summed E-state index contributed by atoms with van der Waals surface area (Å²) in [6.07, 6.45) is -0.747. The number of nitrogens with zero attached hydrogens (tertiary/aromatic N) is 1. The van der Waals surface area contributed by atoms with E-state index < -0.39 is 6.10 Å². The molecule has 6 nitrogen and oxygen atoms in total. The van der Waals surface area contributed by atoms with Crippen molar-refractivity contribution in [1.82, 2.24) is 10.6 Å². The van der Waals surface area contributed by atoms with Gasteiger partial charge in [-0.05, 0) is 31.2 Å². The maximum absolute atomic E-state index is 12.7. The lowest BCUT2D eigenvalue weighted by Gasteiger charge is -2.13. The molecule has 0 fully saturated rings. The molecule has 1 rings (SSSR count). The molecule has 1 unspecified atom stereocenters. The van der Waals surface area contributed by atoms with Gasteiger partial charge in [0.2, 0.25) is 0 Å². The number of rotatable bonds is 9. The van der Waals surface area contributed by atoms with E-state index in [1.165, 1.54) is 24.3 Å². The number of methoxy groups -OCH3 is 1. The second-order valence-corrected chi connectivity index (χ2v) is 4.56. The van der Waals surface area contributed by atoms with Crippen molar-refractivity contribution in [3.63, 3.8) is 0 Å². The molecule has 8 heteroatoms. The molecule has 0 aliphatic rings. The van der Waals surface area contributed by atoms with Crippen LogP contribution in [0.4, 0.5) is 4.39 Å². The molecular weight excluding hydrogens is 416 g/mol. The zero-order valence-electron chi connectivity index (χ0n) is 13.4. The Morgan fingerprint density at radius 3 is 2.61 bits per heavy atom. The van der Waals surface area contributed by atoms with Crippen molar-refractivity contribution in [1.29, 1.82) is 0 Å². The van der Waals surface area contributed by atoms with Gasteiger partial charge in [-0.2, -0.15) is 0 Å². The first kappa shape index (κ1) is 21.9. The third kappa shape index (κ3) is 10.3. The van der Waals surface area contributed by atoms with E-state index in [1.807, 2.05) is 6.92 Å². The molecule has 23 heavy (non-hydrogen) atoms. The Morgan fingerprint density at radius 2 is 2.00 bits per heavy atom. The minimum Gasteiger partial charge on any atom is -0.491 e. The summed E-state index contributed by atoms with van der Waals surface area (Å²) in [7, 11) is 1.63. The van der Waals surface area contributed by atoms with Gasteiger partial charge in [-0.25, -0.2) is 4.39 Å². The zero-order valence-corrected chi connectivity index (χ0v) is 15.7. The normalized spacial score (nSPS) is 12.3. The van der Waals surface area contributed by atoms with Gasteiger partial charge in [0.05, 0.1) is 13.2 Å². The maximum atomic E-state index is 12.7. The number of aliphatic imine (C=N–C) groups is 1. The molecule has 0 heterocycles. The van der Waals surface area contributed by atoms with Crippen LogP contribution in [-0.4, -0.2) is 57.1 Å². The van der Waals surface area contributed by atoms with Crippen molar-refractivity contribution >= 4 is 29.9 Å². The third-order valence-corrected chi connectivity index (χ3v) is 2.66. The first-order valence-electron chi connectivity index (χ1n) is 7.23. The second-order valence-electron chi connectivity index (χ2n) is 4.56. The Hall–Kier alpha value is -1.13. The van der Waals surface area contributed by atoms with Gasteiger partial charge in [0, 0.05) is 20.2 Å². The van der Waals surface area contributed by atoms with Crippen LogP contribution in [0.1, 0.15) is 6.92 Å². The highest BCUT2D eigenvalue weighted by molar-refractivity contribution is 14.0. The predicted molar refractivity (Wildman–Crippen MR) is 99.2 cm³/mol. The molecule has 0 radical (unpaired) electrons. The van der Waals surface area contributed by atoms with Crippen molar-refractivity contribution in [2.75, 3.05) is 40.0 Å². The Morgan fingerprint density at radius 1 is 1.30 bits per heavy atom. The molecule has 132 valence electrons. The number of guanidine groups is 1. The fourth-order valence-corrected chi connectivity index (χ4v) is 1.59. The molecule has 1 aromatic carbocycles. The van der Waals surface area contributed by atoms with Crippen LogP contribution in [0.15, 0.2) is 29.3 Å². The number of ether oxygens (including phenoxy) is 2. The summed E-state index contributed by atoms with van der Waals surface area (Å²) in [6.45, 7) is 4.17. The molecule has 0 amide bonds. The molecule has 0 saturated carbocycles. The monoisotopic (exact) mass is 441 g/mol. The van der Waals surface area contributed by atoms with Crippen molar-refractivity contribution < 1.29 is 19.0 Å². The molecule has 0 aliphatic heterocycles. The number of halogens is 2. The van der Waals surface area contributed by atoms with E-state index in [0.717, 1.165) is 6.54 Å². The van der Waals surface area contributed by atoms with E-state index in [2.05, 4.69) is 15.6 Å². The number of aliphatic hydroxyl groups excluding tert-OH is 1. The lowest BCUT2D eigenvalue weighted by Crippen LogP contribution is -2.39. The van der Waals surface area contributed by atoms with Gasteiger partial charge >= 0.3 is 0 Å². The van der Waals surface area contributed by atoms with Crippen LogP contribution in [-0.2, 0) is 4.74 Å². The molecule has 0 aliphatic carbocycles. The summed E-state index contributed by atoms with van der Waals surface area (Å²) < 4.78 is 23.1. The summed E-state index contributed by atoms with van der Waals surface area (Å²) in [6, 6.07) is 5.65. The number of hydrogen-bond acceptors (Lipinski definition) is 4. The lowest BCUT2D eigenvalue weighted by atomic mass is 10.3. The summed E-state index contributed by atoms with van der Waals surface area (Å²) in [5.74, 6) is 0.796. The smallest absolute Gasteiger partial charge is 0.191 e. The van der Waals surface area contributed by atoms with Crippen molar-refractivity contribution in [3.05, 3.63) is 30.1 Å². The van der Waals surface area contributed by atoms with Gasteiger partial charge < -0.3 is 25.2 Å². The van der Waals surface area contributed by atoms with E-state index in [-0.39, 0.29) is 42.9 Å². The van der Waals surface area contributed by atoms with E-state index in [1.54, 1.807) is 7.11 Å². The fraction of sp³-hybridized carbons (Fsp3) is 0.533. The molecule has 0 spiro atoms. The first-order chi connectivity index (χ1) is 10.7. The molecular formula is C15H25FIN3O3. The summed E-state index contributed by atoms with van der Waals surface area (Å²) in [4.78, 5) is 4.26. The van der Waals surface area contributed by atoms with Crippen LogP contribution >= 0.6 is 24.0 Å². The first-order valence-corrected chi connectivity index (χ1v) is 7.23. The van der Waals surface area contributed by atoms with Gasteiger partial charge in [0.15, 0.2) is 5.96 Å². The second kappa shape index (κ2) is 13.3. The predicted octanol–water partition coefficient (Wildman–Crippen LogP) is 1.38. The van der Waals surface area contributed by atoms with Gasteiger partial charge in [0.1, 0.15) is 24.3 Å². The highest BCUT2D eigenvalue weighted by Gasteiger charge is 2.06. The van der Waals surface area contributed by atoms with Gasteiger partial charge in [0.25, 0.3) is 0 Å². The van der Waals surface area contributed by atoms with E-state index >= 15 is 0 Å². The summed E-state index contributed by atoms with van der Waals surface area (Å²) >= 11 is 0. The number of benzene rings is 1. The maximum Gasteiger partial charge on any atom is 0.191 e. The van der Waals surface area contributed by atoms with Crippen LogP contribution in [0.25, 0.3) is 0 Å². The Bertz CT molecular complexity index is 446. The van der Waals surface area contributed by atoms with Gasteiger partial charge in [-0.3, -0.25) is 4.99 Å². The van der Waals surface area contributed by atoms with Crippen LogP contribution in [0.3, 0.4) is 0 Å². The van der Waals surface area contributed by atoms with Crippen molar-refractivity contribution in [3.8, 4) is 5.75 Å². The standard InChI is InChI=1S/C15H24FN3O3.HI/c1-3-17-15(18-8-9-21-2)19-10-13(20)11-22-14-6-4-12(16)5-7-14;/h4-7,13,20H,3,8-11H2,1-2H3,(H2,17,18,19);1H. The Labute approximate surface area is 153 Å². The van der Waals surface area contributed by atoms with E-state index in [9.17, 15) is 9.50 Å². The van der Waals surface area contributed by atoms with Crippen LogP contribution < -0.4 is 15.4 Å². The van der Waals surface area contributed by atoms with Crippen molar-refractivity contribution in [2.45, 2.75) is 13.0 Å². The molecule has 1 aromatic rings. The zero-order chi connectivity index (χ0) is 16.2. The van der Waals surface area contributed by atoms with Crippen LogP contribution in [0.5, 0.6) is 5.75 Å². The Balaban J connectivity index is 0.00000484. The quantitative estimate of drug-likeness (QED) is 0.234. The fourth-order valence-electron chi connectivity index (χ4n) is 1.59. The average Bonchev–Trinajstić information content (AvgIpc) is 2.52. The van der Waals surface area contributed by atoms with Gasteiger partial charge in [-0.1, -0.05) is 0 Å². The highest BCUT2D eigenvalue weighted by atomic mass is 127. The number of aliphatic hydroxyl groups is 1. The minimum absolute atomic E-state index is 0. The molecule has 3 N–H and O–H groups in total. The third-order valence-electron chi connectivity index (χ3n) is 2.66. The largest absolute Gasteiger partial charge is 0.491 e. The van der Waals surface area contributed by atoms with Crippen molar-refractivity contribution in [2.24, 2.45) is 4.99 Å². The minimum atomic E-state index is -0.747. The molecule has 1 atom stereocenters.